The Kier molecular flexibility index (Phi) is 7.53. The van der Waals surface area contributed by atoms with E-state index in [1.54, 1.807) is 25.3 Å². The fourth-order valence-corrected chi connectivity index (χ4v) is 5.15. The highest BCUT2D eigenvalue weighted by Crippen LogP contribution is 2.39. The second-order valence-electron chi connectivity index (χ2n) is 8.37. The Morgan fingerprint density at radius 1 is 1.03 bits per heavy atom. The number of rotatable bonds is 7. The van der Waals surface area contributed by atoms with Gasteiger partial charge in [-0.25, -0.2) is 26.4 Å². The van der Waals surface area contributed by atoms with Crippen LogP contribution in [0.3, 0.4) is 0 Å². The van der Waals surface area contributed by atoms with E-state index < -0.39 is 55.8 Å². The van der Waals surface area contributed by atoms with Crippen molar-refractivity contribution in [2.75, 3.05) is 4.31 Å². The van der Waals surface area contributed by atoms with Crippen LogP contribution in [0, 0.1) is 17.5 Å². The number of anilines is 1. The lowest BCUT2D eigenvalue weighted by Gasteiger charge is -2.24. The van der Waals surface area contributed by atoms with Gasteiger partial charge in [0.25, 0.3) is 10.0 Å². The van der Waals surface area contributed by atoms with E-state index in [-0.39, 0.29) is 10.00 Å². The van der Waals surface area contributed by atoms with Gasteiger partial charge in [-0.3, -0.25) is 9.67 Å². The van der Waals surface area contributed by atoms with Crippen LogP contribution in [0.2, 0.25) is 0 Å². The first-order chi connectivity index (χ1) is 18.1. The summed E-state index contributed by atoms with van der Waals surface area (Å²) in [6.07, 6.45) is 2.28. The van der Waals surface area contributed by atoms with E-state index in [9.17, 15) is 17.6 Å². The number of carbonyl (C=O) groups excluding carboxylic acids is 1. The number of hydrogen-bond donors (Lipinski definition) is 0. The molecular weight excluding hydrogens is 521 g/mol. The number of aryl methyl sites for hydroxylation is 1. The number of amides is 1. The van der Waals surface area contributed by atoms with Crippen molar-refractivity contribution >= 4 is 21.8 Å². The standard InChI is InChI=1S/C26H23F3N4O4S/c1-4-32-15-18(17-11-13-30-14-12-17)25(31-32)23-20(28)9-10-21(24(23)29)33(26(34)37-16(2)3)38(35,36)22-8-6-5-7-19(22)27/h5-16H,4H2,1-3H3. The third-order valence-corrected chi connectivity index (χ3v) is 7.17. The minimum Gasteiger partial charge on any atom is -0.446 e. The summed E-state index contributed by atoms with van der Waals surface area (Å²) >= 11 is 0. The molecule has 0 bridgehead atoms. The van der Waals surface area contributed by atoms with Gasteiger partial charge in [0.05, 0.1) is 11.7 Å². The third-order valence-electron chi connectivity index (χ3n) is 5.46. The summed E-state index contributed by atoms with van der Waals surface area (Å²) < 4.78 is 79.5. The third kappa shape index (κ3) is 4.99. The van der Waals surface area contributed by atoms with Gasteiger partial charge in [-0.2, -0.15) is 9.40 Å². The number of halogens is 3. The topological polar surface area (TPSA) is 94.4 Å². The fourth-order valence-electron chi connectivity index (χ4n) is 3.75. The Labute approximate surface area is 217 Å². The highest BCUT2D eigenvalue weighted by molar-refractivity contribution is 7.93. The van der Waals surface area contributed by atoms with Crippen LogP contribution in [-0.2, 0) is 21.3 Å². The van der Waals surface area contributed by atoms with Crippen molar-refractivity contribution in [3.8, 4) is 22.4 Å². The van der Waals surface area contributed by atoms with Crippen molar-refractivity contribution in [3.63, 3.8) is 0 Å². The molecule has 0 saturated heterocycles. The Balaban J connectivity index is 1.98. The van der Waals surface area contributed by atoms with Gasteiger partial charge in [0.1, 0.15) is 27.9 Å². The maximum absolute atomic E-state index is 16.2. The molecule has 12 heteroatoms. The van der Waals surface area contributed by atoms with Crippen LogP contribution in [0.1, 0.15) is 20.8 Å². The zero-order valence-corrected chi connectivity index (χ0v) is 21.4. The summed E-state index contributed by atoms with van der Waals surface area (Å²) in [5.41, 5.74) is -0.767. The van der Waals surface area contributed by atoms with E-state index >= 15 is 8.78 Å². The summed E-state index contributed by atoms with van der Waals surface area (Å²) in [7, 11) is -5.04. The largest absolute Gasteiger partial charge is 0.446 e. The first-order valence-corrected chi connectivity index (χ1v) is 13.0. The minimum atomic E-state index is -5.04. The maximum Gasteiger partial charge on any atom is 0.429 e. The van der Waals surface area contributed by atoms with Crippen LogP contribution in [0.15, 0.2) is 72.0 Å². The van der Waals surface area contributed by atoms with E-state index in [0.717, 1.165) is 24.3 Å². The molecule has 0 unspecified atom stereocenters. The molecule has 0 aliphatic heterocycles. The summed E-state index contributed by atoms with van der Waals surface area (Å²) in [5.74, 6) is -3.62. The molecule has 198 valence electrons. The van der Waals surface area contributed by atoms with Crippen molar-refractivity contribution in [3.05, 3.63) is 84.6 Å². The summed E-state index contributed by atoms with van der Waals surface area (Å²) in [4.78, 5) is 16.1. The van der Waals surface area contributed by atoms with Gasteiger partial charge < -0.3 is 4.74 Å². The van der Waals surface area contributed by atoms with Crippen LogP contribution in [0.25, 0.3) is 22.4 Å². The van der Waals surface area contributed by atoms with E-state index in [1.165, 1.54) is 43.1 Å². The molecule has 0 aliphatic carbocycles. The normalized spacial score (nSPS) is 11.6. The molecule has 0 saturated carbocycles. The number of aromatic nitrogens is 3. The SMILES string of the molecule is CCn1cc(-c2ccncc2)c(-c2c(F)ccc(N(C(=O)OC(C)C)S(=O)(=O)c3ccccc3F)c2F)n1. The molecule has 4 rings (SSSR count). The van der Waals surface area contributed by atoms with Gasteiger partial charge in [-0.1, -0.05) is 12.1 Å². The molecule has 0 aliphatic rings. The van der Waals surface area contributed by atoms with Crippen LogP contribution in [0.4, 0.5) is 23.7 Å². The van der Waals surface area contributed by atoms with Gasteiger partial charge >= 0.3 is 6.09 Å². The molecule has 1 amide bonds. The quantitative estimate of drug-likeness (QED) is 0.292. The van der Waals surface area contributed by atoms with Gasteiger partial charge in [0.2, 0.25) is 0 Å². The number of benzene rings is 2. The molecule has 0 atom stereocenters. The highest BCUT2D eigenvalue weighted by atomic mass is 32.2. The zero-order chi connectivity index (χ0) is 27.6. The van der Waals surface area contributed by atoms with Crippen molar-refractivity contribution in [2.45, 2.75) is 38.3 Å². The molecule has 4 aromatic rings. The van der Waals surface area contributed by atoms with Crippen molar-refractivity contribution in [2.24, 2.45) is 0 Å². The fraction of sp³-hybridized carbons (Fsp3) is 0.192. The number of carbonyl (C=O) groups is 1. The molecule has 0 radical (unpaired) electrons. The maximum atomic E-state index is 16.2. The summed E-state index contributed by atoms with van der Waals surface area (Å²) in [5, 5.41) is 4.30. The molecule has 8 nitrogen and oxygen atoms in total. The van der Waals surface area contributed by atoms with Crippen molar-refractivity contribution in [1.29, 1.82) is 0 Å². The molecule has 2 heterocycles. The van der Waals surface area contributed by atoms with Gasteiger partial charge in [0, 0.05) is 30.7 Å². The Hall–Kier alpha value is -4.19. The molecule has 2 aromatic carbocycles. The first-order valence-electron chi connectivity index (χ1n) is 11.5. The van der Waals surface area contributed by atoms with Crippen molar-refractivity contribution in [1.82, 2.24) is 14.8 Å². The van der Waals surface area contributed by atoms with Gasteiger partial charge in [0.15, 0.2) is 5.82 Å². The lowest BCUT2D eigenvalue weighted by atomic mass is 10.0. The Morgan fingerprint density at radius 3 is 2.34 bits per heavy atom. The Morgan fingerprint density at radius 2 is 1.71 bits per heavy atom. The van der Waals surface area contributed by atoms with E-state index in [4.69, 9.17) is 4.74 Å². The average molecular weight is 545 g/mol. The average Bonchev–Trinajstić information content (AvgIpc) is 3.30. The van der Waals surface area contributed by atoms with Gasteiger partial charge in [-0.15, -0.1) is 0 Å². The molecular formula is C26H23F3N4O4S. The first kappa shape index (κ1) is 26.9. The van der Waals surface area contributed by atoms with Crippen LogP contribution >= 0.6 is 0 Å². The molecule has 0 fully saturated rings. The predicted octanol–water partition coefficient (Wildman–Crippen LogP) is 5.79. The smallest absolute Gasteiger partial charge is 0.429 e. The van der Waals surface area contributed by atoms with Crippen LogP contribution in [-0.4, -0.2) is 35.4 Å². The second-order valence-corrected chi connectivity index (χ2v) is 10.1. The van der Waals surface area contributed by atoms with Crippen molar-refractivity contribution < 1.29 is 31.1 Å². The minimum absolute atomic E-state index is 0.00733. The number of hydrogen-bond acceptors (Lipinski definition) is 6. The van der Waals surface area contributed by atoms with E-state index in [2.05, 4.69) is 10.1 Å². The molecule has 2 aromatic heterocycles. The number of nitrogens with zero attached hydrogens (tertiary/aromatic N) is 4. The lowest BCUT2D eigenvalue weighted by Crippen LogP contribution is -2.39. The van der Waals surface area contributed by atoms with Gasteiger partial charge in [-0.05, 0) is 62.7 Å². The highest BCUT2D eigenvalue weighted by Gasteiger charge is 2.38. The molecule has 0 spiro atoms. The Bertz CT molecular complexity index is 1590. The monoisotopic (exact) mass is 544 g/mol. The summed E-state index contributed by atoms with van der Waals surface area (Å²) in [6.45, 7) is 5.06. The lowest BCUT2D eigenvalue weighted by molar-refractivity contribution is 0.126. The summed E-state index contributed by atoms with van der Waals surface area (Å²) in [6, 6.07) is 9.12. The molecule has 0 N–H and O–H groups in total. The van der Waals surface area contributed by atoms with Crippen LogP contribution in [0.5, 0.6) is 0 Å². The number of pyridine rings is 1. The van der Waals surface area contributed by atoms with E-state index in [0.29, 0.717) is 17.7 Å². The number of sulfonamides is 1. The number of ether oxygens (including phenoxy) is 1. The second kappa shape index (κ2) is 10.7. The van der Waals surface area contributed by atoms with E-state index in [1.807, 2.05) is 0 Å². The molecule has 38 heavy (non-hydrogen) atoms. The zero-order valence-electron chi connectivity index (χ0n) is 20.6. The predicted molar refractivity (Wildman–Crippen MR) is 134 cm³/mol. The van der Waals surface area contributed by atoms with Crippen LogP contribution < -0.4 is 4.31 Å².